The molecule has 2 aromatic carbocycles. The number of hydrogen-bond acceptors (Lipinski definition) is 4. The van der Waals surface area contributed by atoms with E-state index in [4.69, 9.17) is 19.9 Å². The van der Waals surface area contributed by atoms with Crippen LogP contribution in [0.1, 0.15) is 56.9 Å². The number of nitrogens with zero attached hydrogens (tertiary/aromatic N) is 5. The molecule has 8 rings (SSSR count). The smallest absolute Gasteiger partial charge is 0.213 e. The van der Waals surface area contributed by atoms with Crippen molar-refractivity contribution in [3.63, 3.8) is 0 Å². The van der Waals surface area contributed by atoms with Crippen molar-refractivity contribution < 1.29 is 4.57 Å². The number of aromatic nitrogens is 5. The van der Waals surface area contributed by atoms with Gasteiger partial charge in [-0.15, -0.1) is 0 Å². The fourth-order valence-electron chi connectivity index (χ4n) is 6.00. The van der Waals surface area contributed by atoms with Crippen molar-refractivity contribution in [1.82, 2.24) is 19.9 Å². The molecule has 3 heterocycles. The third kappa shape index (κ3) is 2.78. The Morgan fingerprint density at radius 2 is 1.29 bits per heavy atom. The lowest BCUT2D eigenvalue weighted by Crippen LogP contribution is -2.35. The Kier molecular flexibility index (Phi) is 4.25. The quantitative estimate of drug-likeness (QED) is 0.344. The minimum atomic E-state index is -0.0774. The summed E-state index contributed by atoms with van der Waals surface area (Å²) in [6.07, 6.45) is 9.42. The molecule has 5 nitrogen and oxygen atoms in total. The lowest BCUT2D eigenvalue weighted by molar-refractivity contribution is -0.660. The Labute approximate surface area is 204 Å². The molecule has 0 saturated heterocycles. The van der Waals surface area contributed by atoms with E-state index in [9.17, 15) is 0 Å². The normalized spacial score (nSPS) is 17.0. The third-order valence-electron chi connectivity index (χ3n) is 7.52. The molecule has 0 spiro atoms. The van der Waals surface area contributed by atoms with Crippen molar-refractivity contribution in [3.8, 4) is 22.4 Å². The van der Waals surface area contributed by atoms with Crippen LogP contribution < -0.4 is 4.57 Å². The molecule has 0 N–H and O–H groups in total. The standard InChI is InChI=1S/C30H24N5/c1-17-9-10-20-24(23(17)22-15-18(2)21(16-35(22)3)19-7-5-4-6-8-19)26-29-27(31-11-13-33-29)25(20)28-30(26)34-14-12-32-28/h4-16,25-26H,1-3H3/q+1. The largest absolute Gasteiger partial charge is 0.257 e. The Morgan fingerprint density at radius 1 is 0.686 bits per heavy atom. The zero-order chi connectivity index (χ0) is 23.7. The van der Waals surface area contributed by atoms with Gasteiger partial charge in [0.05, 0.1) is 40.2 Å². The van der Waals surface area contributed by atoms with E-state index in [2.05, 4.69) is 80.2 Å². The van der Waals surface area contributed by atoms with E-state index in [1.165, 1.54) is 44.6 Å². The number of hydrogen-bond donors (Lipinski definition) is 0. The van der Waals surface area contributed by atoms with Crippen molar-refractivity contribution in [1.29, 1.82) is 0 Å². The minimum Gasteiger partial charge on any atom is -0.257 e. The second kappa shape index (κ2) is 7.37. The summed E-state index contributed by atoms with van der Waals surface area (Å²) in [5.41, 5.74) is 14.0. The molecule has 5 aromatic rings. The van der Waals surface area contributed by atoms with Gasteiger partial charge in [0.1, 0.15) is 7.05 Å². The fourth-order valence-corrected chi connectivity index (χ4v) is 6.00. The van der Waals surface area contributed by atoms with Gasteiger partial charge in [-0.05, 0) is 41.7 Å². The number of pyridine rings is 1. The molecule has 2 bridgehead atoms. The SMILES string of the molecule is Cc1cc(-c2c(C)ccc3c2C2c4nccnc4C3c3nccnc32)[n+](C)cc1-c1ccccc1. The second-order valence-electron chi connectivity index (χ2n) is 9.51. The van der Waals surface area contributed by atoms with Gasteiger partial charge in [0.15, 0.2) is 6.20 Å². The van der Waals surface area contributed by atoms with E-state index >= 15 is 0 Å². The Bertz CT molecular complexity index is 1590. The first-order valence-electron chi connectivity index (χ1n) is 11.9. The highest BCUT2D eigenvalue weighted by atomic mass is 14.9. The van der Waals surface area contributed by atoms with Crippen LogP contribution in [0.2, 0.25) is 0 Å². The highest BCUT2D eigenvalue weighted by Crippen LogP contribution is 2.55. The van der Waals surface area contributed by atoms with Crippen LogP contribution >= 0.6 is 0 Å². The van der Waals surface area contributed by atoms with E-state index in [1.807, 2.05) is 0 Å². The lowest BCUT2D eigenvalue weighted by atomic mass is 9.65. The number of benzene rings is 2. The van der Waals surface area contributed by atoms with Gasteiger partial charge >= 0.3 is 0 Å². The van der Waals surface area contributed by atoms with E-state index in [0.717, 1.165) is 22.8 Å². The van der Waals surface area contributed by atoms with Gasteiger partial charge in [-0.3, -0.25) is 19.9 Å². The van der Waals surface area contributed by atoms with Crippen molar-refractivity contribution in [3.05, 3.63) is 125 Å². The van der Waals surface area contributed by atoms with Crippen LogP contribution in [0, 0.1) is 13.8 Å². The topological polar surface area (TPSA) is 55.4 Å². The van der Waals surface area contributed by atoms with Gasteiger partial charge in [0.2, 0.25) is 5.69 Å². The average Bonchev–Trinajstić information content (AvgIpc) is 2.90. The molecule has 0 saturated carbocycles. The molecule has 3 aliphatic carbocycles. The molecule has 35 heavy (non-hydrogen) atoms. The molecule has 3 aliphatic rings. The van der Waals surface area contributed by atoms with Gasteiger partial charge in [-0.25, -0.2) is 4.57 Å². The number of rotatable bonds is 2. The van der Waals surface area contributed by atoms with Crippen LogP contribution in [0.15, 0.2) is 79.5 Å². The van der Waals surface area contributed by atoms with Crippen LogP contribution in [0.4, 0.5) is 0 Å². The Hall–Kier alpha value is -4.25. The van der Waals surface area contributed by atoms with E-state index in [1.54, 1.807) is 24.8 Å². The zero-order valence-electron chi connectivity index (χ0n) is 19.9. The molecule has 3 aromatic heterocycles. The summed E-state index contributed by atoms with van der Waals surface area (Å²) >= 11 is 0. The van der Waals surface area contributed by atoms with Crippen molar-refractivity contribution >= 4 is 0 Å². The maximum absolute atomic E-state index is 4.82. The highest BCUT2D eigenvalue weighted by Gasteiger charge is 2.47. The van der Waals surface area contributed by atoms with Crippen LogP contribution in [-0.2, 0) is 7.05 Å². The van der Waals surface area contributed by atoms with Gasteiger partial charge in [-0.2, -0.15) is 0 Å². The van der Waals surface area contributed by atoms with Gasteiger partial charge in [0.25, 0.3) is 0 Å². The third-order valence-corrected chi connectivity index (χ3v) is 7.52. The molecular weight excluding hydrogens is 430 g/mol. The van der Waals surface area contributed by atoms with Crippen LogP contribution in [-0.4, -0.2) is 19.9 Å². The first-order chi connectivity index (χ1) is 17.1. The first kappa shape index (κ1) is 20.2. The van der Waals surface area contributed by atoms with Crippen LogP contribution in [0.25, 0.3) is 22.4 Å². The van der Waals surface area contributed by atoms with E-state index in [-0.39, 0.29) is 11.8 Å². The van der Waals surface area contributed by atoms with Gasteiger partial charge < -0.3 is 0 Å². The average molecular weight is 455 g/mol. The molecule has 0 aliphatic heterocycles. The molecule has 168 valence electrons. The van der Waals surface area contributed by atoms with E-state index < -0.39 is 0 Å². The molecule has 0 radical (unpaired) electrons. The highest BCUT2D eigenvalue weighted by molar-refractivity contribution is 5.77. The summed E-state index contributed by atoms with van der Waals surface area (Å²) in [5.74, 6) is -0.122. The summed E-state index contributed by atoms with van der Waals surface area (Å²) in [5, 5.41) is 0. The summed E-state index contributed by atoms with van der Waals surface area (Å²) in [6.45, 7) is 4.40. The van der Waals surface area contributed by atoms with E-state index in [0.29, 0.717) is 0 Å². The Balaban J connectivity index is 1.50. The summed E-state index contributed by atoms with van der Waals surface area (Å²) in [7, 11) is 2.14. The van der Waals surface area contributed by atoms with Crippen LogP contribution in [0.3, 0.4) is 0 Å². The van der Waals surface area contributed by atoms with Gasteiger partial charge in [-0.1, -0.05) is 42.5 Å². The first-order valence-corrected chi connectivity index (χ1v) is 11.9. The molecule has 0 atom stereocenters. The maximum Gasteiger partial charge on any atom is 0.213 e. The summed E-state index contributed by atoms with van der Waals surface area (Å²) < 4.78 is 2.26. The summed E-state index contributed by atoms with van der Waals surface area (Å²) in [4.78, 5) is 19.2. The molecule has 5 heteroatoms. The molecule has 0 fully saturated rings. The zero-order valence-corrected chi connectivity index (χ0v) is 19.9. The fraction of sp³-hybridized carbons (Fsp3) is 0.167. The van der Waals surface area contributed by atoms with Gasteiger partial charge in [0, 0.05) is 36.4 Å². The van der Waals surface area contributed by atoms with Crippen molar-refractivity contribution in [2.45, 2.75) is 25.7 Å². The summed E-state index contributed by atoms with van der Waals surface area (Å²) in [6, 6.07) is 17.4. The van der Waals surface area contributed by atoms with Crippen molar-refractivity contribution in [2.75, 3.05) is 0 Å². The minimum absolute atomic E-state index is 0.0447. The van der Waals surface area contributed by atoms with Crippen LogP contribution in [0.5, 0.6) is 0 Å². The molecular formula is C30H24N5+. The maximum atomic E-state index is 4.82. The predicted octanol–water partition coefficient (Wildman–Crippen LogP) is 5.03. The predicted molar refractivity (Wildman–Crippen MR) is 134 cm³/mol. The second-order valence-corrected chi connectivity index (χ2v) is 9.51. The van der Waals surface area contributed by atoms with Crippen molar-refractivity contribution in [2.24, 2.45) is 7.05 Å². The lowest BCUT2D eigenvalue weighted by Gasteiger charge is -2.39. The molecule has 0 amide bonds. The number of aryl methyl sites for hydroxylation is 3. The Morgan fingerprint density at radius 3 is 1.91 bits per heavy atom. The monoisotopic (exact) mass is 454 g/mol. The molecule has 0 unspecified atom stereocenters.